The maximum Gasteiger partial charge on any atom is 0.0936 e. The number of rotatable bonds is 4. The Hall–Kier alpha value is -0.160. The van der Waals surface area contributed by atoms with Crippen LogP contribution in [0.2, 0.25) is 0 Å². The predicted octanol–water partition coefficient (Wildman–Crippen LogP) is -0.550. The molecule has 1 fully saturated rings. The van der Waals surface area contributed by atoms with Gasteiger partial charge >= 0.3 is 0 Å². The highest BCUT2D eigenvalue weighted by molar-refractivity contribution is 4.74. The first-order chi connectivity index (χ1) is 6.26. The maximum absolute atomic E-state index is 8.95. The number of hydrogen-bond acceptors (Lipinski definition) is 4. The van der Waals surface area contributed by atoms with Crippen molar-refractivity contribution in [2.75, 3.05) is 32.8 Å². The van der Waals surface area contributed by atoms with Crippen molar-refractivity contribution < 1.29 is 14.9 Å². The number of ether oxygens (including phenoxy) is 1. The minimum Gasteiger partial charge on any atom is -0.396 e. The van der Waals surface area contributed by atoms with Crippen molar-refractivity contribution >= 4 is 0 Å². The van der Waals surface area contributed by atoms with E-state index in [2.05, 4.69) is 4.90 Å². The van der Waals surface area contributed by atoms with Crippen LogP contribution in [0, 0.1) is 0 Å². The van der Waals surface area contributed by atoms with E-state index in [0.29, 0.717) is 0 Å². The molecule has 4 nitrogen and oxygen atoms in total. The zero-order valence-electron chi connectivity index (χ0n) is 8.15. The van der Waals surface area contributed by atoms with Crippen LogP contribution in [0.25, 0.3) is 0 Å². The van der Waals surface area contributed by atoms with Crippen molar-refractivity contribution in [3.8, 4) is 0 Å². The van der Waals surface area contributed by atoms with Gasteiger partial charge in [-0.25, -0.2) is 0 Å². The molecule has 0 aromatic heterocycles. The van der Waals surface area contributed by atoms with Crippen LogP contribution in [0.1, 0.15) is 13.3 Å². The van der Waals surface area contributed by atoms with Crippen molar-refractivity contribution in [1.29, 1.82) is 0 Å². The van der Waals surface area contributed by atoms with Gasteiger partial charge in [0.15, 0.2) is 0 Å². The fourth-order valence-electron chi connectivity index (χ4n) is 1.72. The standard InChI is InChI=1S/C9H19NO3/c1-8-5-10(3-2-4-11)6-9(7-12)13-8/h8-9,11-12H,2-7H2,1H3. The summed E-state index contributed by atoms with van der Waals surface area (Å²) in [7, 11) is 0. The van der Waals surface area contributed by atoms with E-state index in [4.69, 9.17) is 14.9 Å². The first kappa shape index (κ1) is 10.9. The summed E-state index contributed by atoms with van der Waals surface area (Å²) in [6.07, 6.45) is 0.928. The van der Waals surface area contributed by atoms with E-state index < -0.39 is 0 Å². The molecule has 1 aliphatic heterocycles. The normalized spacial score (nSPS) is 30.7. The molecule has 2 unspecified atom stereocenters. The highest BCUT2D eigenvalue weighted by atomic mass is 16.5. The van der Waals surface area contributed by atoms with Gasteiger partial charge < -0.3 is 14.9 Å². The first-order valence-electron chi connectivity index (χ1n) is 4.85. The molecule has 1 saturated heterocycles. The fraction of sp³-hybridized carbons (Fsp3) is 1.00. The monoisotopic (exact) mass is 189 g/mol. The van der Waals surface area contributed by atoms with Crippen molar-refractivity contribution in [3.05, 3.63) is 0 Å². The summed E-state index contributed by atoms with van der Waals surface area (Å²) < 4.78 is 5.49. The van der Waals surface area contributed by atoms with E-state index in [-0.39, 0.29) is 25.4 Å². The molecule has 0 aromatic carbocycles. The second-order valence-electron chi connectivity index (χ2n) is 3.59. The van der Waals surface area contributed by atoms with E-state index in [1.807, 2.05) is 6.92 Å². The van der Waals surface area contributed by atoms with Crippen LogP contribution in [0.15, 0.2) is 0 Å². The molecule has 0 aliphatic carbocycles. The minimum absolute atomic E-state index is 0.0533. The fourth-order valence-corrected chi connectivity index (χ4v) is 1.72. The van der Waals surface area contributed by atoms with Crippen molar-refractivity contribution in [2.24, 2.45) is 0 Å². The van der Waals surface area contributed by atoms with Gasteiger partial charge in [-0.2, -0.15) is 0 Å². The third-order valence-corrected chi connectivity index (χ3v) is 2.24. The summed E-state index contributed by atoms with van der Waals surface area (Å²) >= 11 is 0. The van der Waals surface area contributed by atoms with Crippen molar-refractivity contribution in [1.82, 2.24) is 4.90 Å². The summed E-state index contributed by atoms with van der Waals surface area (Å²) in [5.41, 5.74) is 0. The molecule has 1 aliphatic rings. The van der Waals surface area contributed by atoms with Gasteiger partial charge in [0.2, 0.25) is 0 Å². The molecule has 0 radical (unpaired) electrons. The first-order valence-corrected chi connectivity index (χ1v) is 4.85. The number of nitrogens with zero attached hydrogens (tertiary/aromatic N) is 1. The number of morpholine rings is 1. The SMILES string of the molecule is CC1CN(CCCO)CC(CO)O1. The summed E-state index contributed by atoms with van der Waals surface area (Å²) in [6.45, 7) is 4.89. The van der Waals surface area contributed by atoms with Gasteiger partial charge in [-0.1, -0.05) is 0 Å². The van der Waals surface area contributed by atoms with Crippen LogP contribution in [0.4, 0.5) is 0 Å². The average molecular weight is 189 g/mol. The Bertz CT molecular complexity index is 143. The molecule has 0 aromatic rings. The van der Waals surface area contributed by atoms with Crippen molar-refractivity contribution in [2.45, 2.75) is 25.6 Å². The molecule has 4 heteroatoms. The molecule has 78 valence electrons. The number of hydrogen-bond donors (Lipinski definition) is 2. The quantitative estimate of drug-likeness (QED) is 0.623. The summed E-state index contributed by atoms with van der Waals surface area (Å²) in [6, 6.07) is 0. The van der Waals surface area contributed by atoms with Crippen LogP contribution in [-0.2, 0) is 4.74 Å². The summed E-state index contributed by atoms with van der Waals surface area (Å²) in [5, 5.41) is 17.6. The van der Waals surface area contributed by atoms with Crippen LogP contribution < -0.4 is 0 Å². The van der Waals surface area contributed by atoms with Crippen LogP contribution in [-0.4, -0.2) is 60.2 Å². The Morgan fingerprint density at radius 1 is 1.38 bits per heavy atom. The molecule has 1 heterocycles. The topological polar surface area (TPSA) is 52.9 Å². The van der Waals surface area contributed by atoms with Crippen molar-refractivity contribution in [3.63, 3.8) is 0 Å². The number of aliphatic hydroxyl groups excluding tert-OH is 2. The lowest BCUT2D eigenvalue weighted by Gasteiger charge is -2.35. The Kier molecular flexibility index (Phi) is 4.66. The molecule has 2 atom stereocenters. The maximum atomic E-state index is 8.95. The Labute approximate surface area is 79.1 Å². The van der Waals surface area contributed by atoms with E-state index >= 15 is 0 Å². The van der Waals surface area contributed by atoms with Crippen LogP contribution >= 0.6 is 0 Å². The highest BCUT2D eigenvalue weighted by Crippen LogP contribution is 2.10. The molecule has 1 rings (SSSR count). The van der Waals surface area contributed by atoms with Crippen LogP contribution in [0.3, 0.4) is 0 Å². The Morgan fingerprint density at radius 3 is 2.77 bits per heavy atom. The molecule has 2 N–H and O–H groups in total. The average Bonchev–Trinajstić information content (AvgIpc) is 2.14. The lowest BCUT2D eigenvalue weighted by Crippen LogP contribution is -2.48. The van der Waals surface area contributed by atoms with E-state index in [1.54, 1.807) is 0 Å². The zero-order valence-corrected chi connectivity index (χ0v) is 8.15. The second-order valence-corrected chi connectivity index (χ2v) is 3.59. The zero-order chi connectivity index (χ0) is 9.68. The third kappa shape index (κ3) is 3.60. The minimum atomic E-state index is -0.0533. The molecule has 0 bridgehead atoms. The van der Waals surface area contributed by atoms with Gasteiger partial charge in [0.1, 0.15) is 0 Å². The number of aliphatic hydroxyl groups is 2. The van der Waals surface area contributed by atoms with Gasteiger partial charge in [0.25, 0.3) is 0 Å². The molecule has 0 spiro atoms. The molecular weight excluding hydrogens is 170 g/mol. The van der Waals surface area contributed by atoms with E-state index in [1.165, 1.54) is 0 Å². The van der Waals surface area contributed by atoms with Crippen LogP contribution in [0.5, 0.6) is 0 Å². The molecule has 13 heavy (non-hydrogen) atoms. The van der Waals surface area contributed by atoms with Gasteiger partial charge in [-0.05, 0) is 13.3 Å². The second kappa shape index (κ2) is 5.54. The predicted molar refractivity (Wildman–Crippen MR) is 49.6 cm³/mol. The third-order valence-electron chi connectivity index (χ3n) is 2.24. The molecular formula is C9H19NO3. The molecule has 0 amide bonds. The summed E-state index contributed by atoms with van der Waals surface area (Å²) in [4.78, 5) is 2.23. The Balaban J connectivity index is 2.29. The molecule has 0 saturated carbocycles. The highest BCUT2D eigenvalue weighted by Gasteiger charge is 2.23. The summed E-state index contributed by atoms with van der Waals surface area (Å²) in [5.74, 6) is 0. The largest absolute Gasteiger partial charge is 0.396 e. The van der Waals surface area contributed by atoms with Gasteiger partial charge in [0.05, 0.1) is 18.8 Å². The Morgan fingerprint density at radius 2 is 2.15 bits per heavy atom. The van der Waals surface area contributed by atoms with Gasteiger partial charge in [-0.3, -0.25) is 4.90 Å². The van der Waals surface area contributed by atoms with Gasteiger partial charge in [-0.15, -0.1) is 0 Å². The lowest BCUT2D eigenvalue weighted by atomic mass is 10.2. The van der Waals surface area contributed by atoms with Gasteiger partial charge in [0, 0.05) is 26.2 Å². The lowest BCUT2D eigenvalue weighted by molar-refractivity contribution is -0.0956. The van der Waals surface area contributed by atoms with E-state index in [9.17, 15) is 0 Å². The smallest absolute Gasteiger partial charge is 0.0936 e. The van der Waals surface area contributed by atoms with E-state index in [0.717, 1.165) is 26.1 Å².